The molecule has 8 nitrogen and oxygen atoms in total. The number of aryl methyl sites for hydroxylation is 2. The molecule has 28 heavy (non-hydrogen) atoms. The van der Waals surface area contributed by atoms with Crippen LogP contribution in [0.5, 0.6) is 0 Å². The number of amides is 1. The normalized spacial score (nSPS) is 14.8. The fourth-order valence-corrected chi connectivity index (χ4v) is 5.40. The molecule has 0 aromatic carbocycles. The molecule has 0 bridgehead atoms. The number of aromatic nitrogens is 5. The number of carboxylic acid groups (broad SMARTS) is 1. The van der Waals surface area contributed by atoms with Crippen molar-refractivity contribution in [3.05, 3.63) is 34.9 Å². The first kappa shape index (κ1) is 17.3. The highest BCUT2D eigenvalue weighted by Crippen LogP contribution is 2.36. The molecule has 0 saturated carbocycles. The summed E-state index contributed by atoms with van der Waals surface area (Å²) in [6.45, 7) is 4.83. The van der Waals surface area contributed by atoms with Gasteiger partial charge in [0.25, 0.3) is 0 Å². The SMILES string of the molecule is Cc1cn2cc(-c3nc4sc(C5=CCN(C(=O)O)CC5)nc4s3)nc2c(C)n1. The van der Waals surface area contributed by atoms with Gasteiger partial charge in [0.1, 0.15) is 15.7 Å². The molecule has 5 rings (SSSR count). The summed E-state index contributed by atoms with van der Waals surface area (Å²) in [7, 11) is 0. The monoisotopic (exact) mass is 412 g/mol. The maximum atomic E-state index is 11.0. The fraction of sp³-hybridized carbons (Fsp3) is 0.278. The van der Waals surface area contributed by atoms with Crippen molar-refractivity contribution in [1.82, 2.24) is 29.2 Å². The van der Waals surface area contributed by atoms with Gasteiger partial charge in [0.2, 0.25) is 0 Å². The van der Waals surface area contributed by atoms with Gasteiger partial charge in [0.05, 0.1) is 11.4 Å². The number of rotatable bonds is 2. The first-order valence-electron chi connectivity index (χ1n) is 8.76. The molecule has 5 heterocycles. The lowest BCUT2D eigenvalue weighted by Crippen LogP contribution is -2.33. The van der Waals surface area contributed by atoms with Crippen LogP contribution in [0.4, 0.5) is 4.79 Å². The van der Waals surface area contributed by atoms with E-state index in [0.29, 0.717) is 19.5 Å². The molecular weight excluding hydrogens is 396 g/mol. The molecule has 0 saturated heterocycles. The minimum Gasteiger partial charge on any atom is -0.465 e. The molecule has 0 unspecified atom stereocenters. The Kier molecular flexibility index (Phi) is 3.91. The predicted molar refractivity (Wildman–Crippen MR) is 109 cm³/mol. The van der Waals surface area contributed by atoms with Gasteiger partial charge >= 0.3 is 6.09 Å². The van der Waals surface area contributed by atoms with Crippen molar-refractivity contribution in [2.24, 2.45) is 0 Å². The third-order valence-corrected chi connectivity index (χ3v) is 6.80. The molecule has 1 aliphatic rings. The van der Waals surface area contributed by atoms with Crippen molar-refractivity contribution in [3.8, 4) is 10.7 Å². The minimum atomic E-state index is -0.880. The Bertz CT molecular complexity index is 1240. The molecule has 1 aliphatic heterocycles. The summed E-state index contributed by atoms with van der Waals surface area (Å²) in [6, 6.07) is 0. The van der Waals surface area contributed by atoms with Gasteiger partial charge in [-0.3, -0.25) is 4.98 Å². The van der Waals surface area contributed by atoms with Crippen LogP contribution in [-0.4, -0.2) is 53.5 Å². The number of nitrogens with zero attached hydrogens (tertiary/aromatic N) is 6. The zero-order chi connectivity index (χ0) is 19.4. The summed E-state index contributed by atoms with van der Waals surface area (Å²) in [4.78, 5) is 32.8. The Labute approximate surface area is 167 Å². The van der Waals surface area contributed by atoms with Crippen LogP contribution in [0.2, 0.25) is 0 Å². The summed E-state index contributed by atoms with van der Waals surface area (Å²) in [5.41, 5.74) is 4.59. The van der Waals surface area contributed by atoms with E-state index in [4.69, 9.17) is 15.1 Å². The van der Waals surface area contributed by atoms with Crippen molar-refractivity contribution in [3.63, 3.8) is 0 Å². The Balaban J connectivity index is 1.47. The Hall–Kier alpha value is -2.85. The van der Waals surface area contributed by atoms with Gasteiger partial charge in [-0.1, -0.05) is 28.7 Å². The lowest BCUT2D eigenvalue weighted by molar-refractivity contribution is 0.150. The summed E-state index contributed by atoms with van der Waals surface area (Å²) in [6.07, 6.45) is 5.68. The summed E-state index contributed by atoms with van der Waals surface area (Å²) < 4.78 is 1.99. The molecule has 0 radical (unpaired) electrons. The molecule has 4 aromatic rings. The smallest absolute Gasteiger partial charge is 0.407 e. The maximum Gasteiger partial charge on any atom is 0.407 e. The lowest BCUT2D eigenvalue weighted by Gasteiger charge is -2.22. The van der Waals surface area contributed by atoms with E-state index in [9.17, 15) is 4.79 Å². The van der Waals surface area contributed by atoms with Gasteiger partial charge in [-0.25, -0.2) is 19.7 Å². The van der Waals surface area contributed by atoms with Crippen molar-refractivity contribution in [2.45, 2.75) is 20.3 Å². The van der Waals surface area contributed by atoms with Crippen LogP contribution < -0.4 is 0 Å². The summed E-state index contributed by atoms with van der Waals surface area (Å²) in [5, 5.41) is 10.8. The van der Waals surface area contributed by atoms with E-state index in [1.807, 2.05) is 36.7 Å². The van der Waals surface area contributed by atoms with Crippen LogP contribution >= 0.6 is 22.7 Å². The highest BCUT2D eigenvalue weighted by atomic mass is 32.1. The average Bonchev–Trinajstić information content (AvgIpc) is 3.33. The van der Waals surface area contributed by atoms with E-state index in [1.165, 1.54) is 16.2 Å². The number of thiazole rings is 2. The Morgan fingerprint density at radius 2 is 1.82 bits per heavy atom. The van der Waals surface area contributed by atoms with E-state index in [2.05, 4.69) is 9.97 Å². The highest BCUT2D eigenvalue weighted by molar-refractivity contribution is 7.28. The van der Waals surface area contributed by atoms with Crippen molar-refractivity contribution in [1.29, 1.82) is 0 Å². The van der Waals surface area contributed by atoms with Crippen LogP contribution in [0.1, 0.15) is 22.8 Å². The molecule has 142 valence electrons. The van der Waals surface area contributed by atoms with E-state index in [1.54, 1.807) is 11.3 Å². The second kappa shape index (κ2) is 6.35. The summed E-state index contributed by atoms with van der Waals surface area (Å²) in [5.74, 6) is 0. The fourth-order valence-electron chi connectivity index (χ4n) is 3.33. The first-order valence-corrected chi connectivity index (χ1v) is 10.4. The van der Waals surface area contributed by atoms with Gasteiger partial charge in [0, 0.05) is 25.5 Å². The van der Waals surface area contributed by atoms with E-state index >= 15 is 0 Å². The molecule has 4 aromatic heterocycles. The van der Waals surface area contributed by atoms with Crippen LogP contribution in [-0.2, 0) is 0 Å². The molecular formula is C18H16N6O2S2. The standard InChI is InChI=1S/C18H16N6O2S2/c1-9-7-24-8-12(20-13(24)10(2)19-9)15-22-17-16(28-15)21-14(27-17)11-3-5-23(6-4-11)18(25)26/h3,7-8H,4-6H2,1-2H3,(H,25,26). The summed E-state index contributed by atoms with van der Waals surface area (Å²) >= 11 is 3.07. The number of fused-ring (bicyclic) bond motifs is 2. The van der Waals surface area contributed by atoms with Gasteiger partial charge in [-0.05, 0) is 25.8 Å². The topological polar surface area (TPSA) is 96.5 Å². The van der Waals surface area contributed by atoms with Gasteiger partial charge in [-0.2, -0.15) is 0 Å². The second-order valence-corrected chi connectivity index (χ2v) is 8.64. The molecule has 1 amide bonds. The third kappa shape index (κ3) is 2.85. The van der Waals surface area contributed by atoms with E-state index in [0.717, 1.165) is 48.0 Å². The van der Waals surface area contributed by atoms with Crippen molar-refractivity contribution in [2.75, 3.05) is 13.1 Å². The van der Waals surface area contributed by atoms with E-state index in [-0.39, 0.29) is 0 Å². The van der Waals surface area contributed by atoms with Crippen molar-refractivity contribution >= 4 is 49.6 Å². The molecule has 0 spiro atoms. The minimum absolute atomic E-state index is 0.407. The van der Waals surface area contributed by atoms with Crippen LogP contribution in [0, 0.1) is 13.8 Å². The maximum absolute atomic E-state index is 11.0. The number of imidazole rings is 1. The zero-order valence-corrected chi connectivity index (χ0v) is 16.8. The molecule has 0 aliphatic carbocycles. The number of hydrogen-bond donors (Lipinski definition) is 1. The second-order valence-electron chi connectivity index (χ2n) is 6.68. The quantitative estimate of drug-likeness (QED) is 0.537. The molecule has 10 heteroatoms. The molecule has 0 fully saturated rings. The molecule has 1 N–H and O–H groups in total. The van der Waals surface area contributed by atoms with Crippen LogP contribution in [0.25, 0.3) is 31.6 Å². The lowest BCUT2D eigenvalue weighted by atomic mass is 10.1. The largest absolute Gasteiger partial charge is 0.465 e. The van der Waals surface area contributed by atoms with Gasteiger partial charge in [0.15, 0.2) is 15.3 Å². The number of carbonyl (C=O) groups is 1. The Morgan fingerprint density at radius 3 is 2.54 bits per heavy atom. The third-order valence-electron chi connectivity index (χ3n) is 4.68. The first-order chi connectivity index (χ1) is 13.5. The zero-order valence-electron chi connectivity index (χ0n) is 15.2. The average molecular weight is 413 g/mol. The van der Waals surface area contributed by atoms with Gasteiger partial charge in [-0.15, -0.1) is 0 Å². The van der Waals surface area contributed by atoms with Crippen LogP contribution in [0.15, 0.2) is 18.5 Å². The number of hydrogen-bond acceptors (Lipinski definition) is 7. The van der Waals surface area contributed by atoms with Crippen molar-refractivity contribution < 1.29 is 9.90 Å². The molecule has 0 atom stereocenters. The highest BCUT2D eigenvalue weighted by Gasteiger charge is 2.21. The Morgan fingerprint density at radius 1 is 1.07 bits per heavy atom. The van der Waals surface area contributed by atoms with Crippen LogP contribution in [0.3, 0.4) is 0 Å². The predicted octanol–water partition coefficient (Wildman–Crippen LogP) is 3.85. The van der Waals surface area contributed by atoms with E-state index < -0.39 is 6.09 Å². The van der Waals surface area contributed by atoms with Gasteiger partial charge < -0.3 is 14.4 Å².